The number of halogens is 1. The molecule has 0 aromatic heterocycles. The van der Waals surface area contributed by atoms with Crippen LogP contribution in [0, 0.1) is 6.92 Å². The number of benzene rings is 1. The molecule has 1 aliphatic rings. The molecule has 1 saturated heterocycles. The monoisotopic (exact) mass is 519 g/mol. The minimum Gasteiger partial charge on any atom is -0.491 e. The number of nitrogens with one attached hydrogen (secondary N) is 2. The summed E-state index contributed by atoms with van der Waals surface area (Å²) in [6, 6.07) is 6.28. The van der Waals surface area contributed by atoms with Crippen LogP contribution in [0.2, 0.25) is 0 Å². The number of aryl methyl sites for hydroxylation is 1. The van der Waals surface area contributed by atoms with E-state index in [-0.39, 0.29) is 30.1 Å². The van der Waals surface area contributed by atoms with E-state index in [1.807, 2.05) is 13.8 Å². The van der Waals surface area contributed by atoms with Gasteiger partial charge in [0.2, 0.25) is 0 Å². The highest BCUT2D eigenvalue weighted by Crippen LogP contribution is 2.22. The van der Waals surface area contributed by atoms with Crippen molar-refractivity contribution in [1.82, 2.24) is 10.6 Å². The Hall–Kier alpha value is -1.06. The fraction of sp³-hybridized carbons (Fsp3) is 0.682. The fourth-order valence-corrected chi connectivity index (χ4v) is 3.03. The SMILES string of the molecule is CCNC(=NCc1ccc(C)cc1OC(C)C)NCCCOCC1CCCO1.I. The maximum Gasteiger partial charge on any atom is 0.191 e. The third kappa shape index (κ3) is 10.5. The molecule has 1 heterocycles. The Morgan fingerprint density at radius 2 is 2.14 bits per heavy atom. The molecule has 1 fully saturated rings. The van der Waals surface area contributed by atoms with Gasteiger partial charge in [0, 0.05) is 31.9 Å². The van der Waals surface area contributed by atoms with Crippen molar-refractivity contribution in [3.05, 3.63) is 29.3 Å². The van der Waals surface area contributed by atoms with Gasteiger partial charge in [-0.2, -0.15) is 0 Å². The van der Waals surface area contributed by atoms with Crippen molar-refractivity contribution in [1.29, 1.82) is 0 Å². The number of guanidine groups is 1. The summed E-state index contributed by atoms with van der Waals surface area (Å²) in [5.41, 5.74) is 2.29. The van der Waals surface area contributed by atoms with Gasteiger partial charge in [-0.05, 0) is 58.6 Å². The minimum absolute atomic E-state index is 0. The number of aliphatic imine (C=N–C) groups is 1. The second-order valence-electron chi connectivity index (χ2n) is 7.46. The third-order valence-corrected chi connectivity index (χ3v) is 4.42. The first kappa shape index (κ1) is 26.0. The molecule has 1 unspecified atom stereocenters. The molecule has 2 rings (SSSR count). The zero-order valence-electron chi connectivity index (χ0n) is 18.3. The molecule has 1 aromatic rings. The molecule has 1 atom stereocenters. The van der Waals surface area contributed by atoms with Crippen LogP contribution >= 0.6 is 24.0 Å². The van der Waals surface area contributed by atoms with Gasteiger partial charge < -0.3 is 24.8 Å². The van der Waals surface area contributed by atoms with E-state index in [0.717, 1.165) is 62.8 Å². The van der Waals surface area contributed by atoms with E-state index in [1.165, 1.54) is 5.56 Å². The molecular weight excluding hydrogens is 481 g/mol. The highest BCUT2D eigenvalue weighted by molar-refractivity contribution is 14.0. The smallest absolute Gasteiger partial charge is 0.191 e. The van der Waals surface area contributed by atoms with Gasteiger partial charge >= 0.3 is 0 Å². The van der Waals surface area contributed by atoms with Crippen LogP contribution in [0.25, 0.3) is 0 Å². The summed E-state index contributed by atoms with van der Waals surface area (Å²) in [5.74, 6) is 1.73. The van der Waals surface area contributed by atoms with Crippen molar-refractivity contribution in [3.8, 4) is 5.75 Å². The third-order valence-electron chi connectivity index (χ3n) is 4.42. The quantitative estimate of drug-likeness (QED) is 0.200. The van der Waals surface area contributed by atoms with E-state index in [2.05, 4.69) is 42.7 Å². The Morgan fingerprint density at radius 3 is 2.83 bits per heavy atom. The van der Waals surface area contributed by atoms with E-state index >= 15 is 0 Å². The summed E-state index contributed by atoms with van der Waals surface area (Å²) in [7, 11) is 0. The molecular formula is C22H38IN3O3. The van der Waals surface area contributed by atoms with Crippen LogP contribution in [0.3, 0.4) is 0 Å². The van der Waals surface area contributed by atoms with Gasteiger partial charge in [0.15, 0.2) is 5.96 Å². The molecule has 1 aromatic carbocycles. The summed E-state index contributed by atoms with van der Waals surface area (Å²) in [6.07, 6.45) is 3.65. The van der Waals surface area contributed by atoms with Crippen LogP contribution in [-0.2, 0) is 16.0 Å². The molecule has 0 radical (unpaired) electrons. The van der Waals surface area contributed by atoms with E-state index in [1.54, 1.807) is 0 Å². The van der Waals surface area contributed by atoms with Gasteiger partial charge in [-0.15, -0.1) is 24.0 Å². The Balaban J connectivity index is 0.00000420. The zero-order chi connectivity index (χ0) is 20.2. The second-order valence-corrected chi connectivity index (χ2v) is 7.46. The molecule has 0 saturated carbocycles. The van der Waals surface area contributed by atoms with Crippen LogP contribution < -0.4 is 15.4 Å². The molecule has 2 N–H and O–H groups in total. The van der Waals surface area contributed by atoms with Crippen LogP contribution in [0.15, 0.2) is 23.2 Å². The van der Waals surface area contributed by atoms with Gasteiger partial charge in [-0.25, -0.2) is 4.99 Å². The van der Waals surface area contributed by atoms with Gasteiger partial charge in [0.25, 0.3) is 0 Å². The number of hydrogen-bond donors (Lipinski definition) is 2. The van der Waals surface area contributed by atoms with Gasteiger partial charge in [0.05, 0.1) is 25.4 Å². The molecule has 0 spiro atoms. The molecule has 166 valence electrons. The Morgan fingerprint density at radius 1 is 1.31 bits per heavy atom. The van der Waals surface area contributed by atoms with Crippen molar-refractivity contribution in [3.63, 3.8) is 0 Å². The van der Waals surface area contributed by atoms with E-state index < -0.39 is 0 Å². The average molecular weight is 519 g/mol. The summed E-state index contributed by atoms with van der Waals surface area (Å²) in [5, 5.41) is 6.68. The highest BCUT2D eigenvalue weighted by atomic mass is 127. The standard InChI is InChI=1S/C22H37N3O3.HI/c1-5-23-22(24-11-7-12-26-16-20-8-6-13-27-20)25-15-19-10-9-18(4)14-21(19)28-17(2)3;/h9-10,14,17,20H,5-8,11-13,15-16H2,1-4H3,(H2,23,24,25);1H. The molecule has 0 bridgehead atoms. The van der Waals surface area contributed by atoms with E-state index in [0.29, 0.717) is 19.3 Å². The average Bonchev–Trinajstić information content (AvgIpc) is 3.16. The summed E-state index contributed by atoms with van der Waals surface area (Å²) in [4.78, 5) is 4.72. The molecule has 29 heavy (non-hydrogen) atoms. The van der Waals surface area contributed by atoms with Crippen LogP contribution in [0.5, 0.6) is 5.75 Å². The number of ether oxygens (including phenoxy) is 3. The van der Waals surface area contributed by atoms with E-state index in [4.69, 9.17) is 19.2 Å². The first-order valence-corrected chi connectivity index (χ1v) is 10.6. The Labute approximate surface area is 193 Å². The molecule has 0 aliphatic carbocycles. The predicted molar refractivity (Wildman–Crippen MR) is 130 cm³/mol. The van der Waals surface area contributed by atoms with Gasteiger partial charge in [-0.1, -0.05) is 12.1 Å². The summed E-state index contributed by atoms with van der Waals surface area (Å²) in [6.45, 7) is 12.8. The lowest BCUT2D eigenvalue weighted by Gasteiger charge is -2.15. The summed E-state index contributed by atoms with van der Waals surface area (Å²) < 4.78 is 17.2. The molecule has 6 nitrogen and oxygen atoms in total. The lowest BCUT2D eigenvalue weighted by molar-refractivity contribution is 0.0168. The maximum absolute atomic E-state index is 5.95. The maximum atomic E-state index is 5.95. The largest absolute Gasteiger partial charge is 0.491 e. The highest BCUT2D eigenvalue weighted by Gasteiger charge is 2.14. The lowest BCUT2D eigenvalue weighted by atomic mass is 10.1. The van der Waals surface area contributed by atoms with Crippen LogP contribution in [-0.4, -0.2) is 51.1 Å². The minimum atomic E-state index is 0. The second kappa shape index (κ2) is 14.8. The molecule has 7 heteroatoms. The zero-order valence-corrected chi connectivity index (χ0v) is 20.7. The number of rotatable bonds is 11. The van der Waals surface area contributed by atoms with Crippen molar-refractivity contribution in [2.75, 3.05) is 32.9 Å². The number of hydrogen-bond acceptors (Lipinski definition) is 4. The topological polar surface area (TPSA) is 64.1 Å². The first-order chi connectivity index (χ1) is 13.6. The Bertz CT molecular complexity index is 605. The van der Waals surface area contributed by atoms with E-state index in [9.17, 15) is 0 Å². The van der Waals surface area contributed by atoms with Crippen molar-refractivity contribution in [2.45, 2.75) is 65.7 Å². The number of nitrogens with zero attached hydrogens (tertiary/aromatic N) is 1. The predicted octanol–water partition coefficient (Wildman–Crippen LogP) is 4.04. The van der Waals surface area contributed by atoms with Gasteiger partial charge in [-0.3, -0.25) is 0 Å². The fourth-order valence-electron chi connectivity index (χ4n) is 3.03. The normalized spacial score (nSPS) is 16.6. The van der Waals surface area contributed by atoms with Crippen LogP contribution in [0.1, 0.15) is 51.2 Å². The van der Waals surface area contributed by atoms with Gasteiger partial charge in [0.1, 0.15) is 5.75 Å². The Kier molecular flexibility index (Phi) is 13.3. The van der Waals surface area contributed by atoms with Crippen molar-refractivity contribution in [2.24, 2.45) is 4.99 Å². The summed E-state index contributed by atoms with van der Waals surface area (Å²) >= 11 is 0. The lowest BCUT2D eigenvalue weighted by Crippen LogP contribution is -2.38. The van der Waals surface area contributed by atoms with Crippen molar-refractivity contribution >= 4 is 29.9 Å². The first-order valence-electron chi connectivity index (χ1n) is 10.6. The van der Waals surface area contributed by atoms with Crippen LogP contribution in [0.4, 0.5) is 0 Å². The van der Waals surface area contributed by atoms with Crippen molar-refractivity contribution < 1.29 is 14.2 Å². The molecule has 0 amide bonds. The molecule has 1 aliphatic heterocycles.